The van der Waals surface area contributed by atoms with Crippen molar-refractivity contribution >= 4 is 34.2 Å². The summed E-state index contributed by atoms with van der Waals surface area (Å²) >= 11 is 1.41. The molecule has 1 amide bonds. The number of rotatable bonds is 4. The lowest BCUT2D eigenvalue weighted by molar-refractivity contribution is 0.0592. The summed E-state index contributed by atoms with van der Waals surface area (Å²) in [5.41, 5.74) is 2.01. The minimum Gasteiger partial charge on any atom is -0.465 e. The van der Waals surface area contributed by atoms with Gasteiger partial charge in [-0.25, -0.2) is 9.59 Å². The van der Waals surface area contributed by atoms with Crippen LogP contribution in [0.1, 0.15) is 47.9 Å². The van der Waals surface area contributed by atoms with E-state index in [1.807, 2.05) is 0 Å². The molecular weight excluding hydrogens is 342 g/mol. The summed E-state index contributed by atoms with van der Waals surface area (Å²) in [6.07, 6.45) is 2.71. The van der Waals surface area contributed by atoms with Crippen molar-refractivity contribution in [3.05, 3.63) is 51.4 Å². The zero-order valence-electron chi connectivity index (χ0n) is 13.9. The number of nitrogens with one attached hydrogen (secondary N) is 1. The molecule has 0 fully saturated rings. The van der Waals surface area contributed by atoms with Crippen LogP contribution in [0.4, 0.5) is 5.00 Å². The lowest BCUT2D eigenvalue weighted by atomic mass is 10.1. The van der Waals surface area contributed by atoms with Crippen molar-refractivity contribution in [2.24, 2.45) is 0 Å². The molecule has 1 N–H and O–H groups in total. The number of hydrogen-bond acceptors (Lipinski definition) is 6. The second kappa shape index (κ2) is 7.06. The van der Waals surface area contributed by atoms with E-state index in [-0.39, 0.29) is 5.56 Å². The fraction of sp³-hybridized carbons (Fsp3) is 0.278. The topological polar surface area (TPSA) is 81.7 Å². The fourth-order valence-electron chi connectivity index (χ4n) is 2.89. The molecule has 0 aliphatic heterocycles. The number of carbonyl (C=O) groups excluding carboxylic acids is 3. The van der Waals surface area contributed by atoms with Crippen molar-refractivity contribution in [1.82, 2.24) is 0 Å². The first-order valence-corrected chi connectivity index (χ1v) is 8.59. The quantitative estimate of drug-likeness (QED) is 0.849. The molecule has 0 spiro atoms. The number of benzene rings is 1. The summed E-state index contributed by atoms with van der Waals surface area (Å²) < 4.78 is 9.53. The Kier molecular flexibility index (Phi) is 4.85. The minimum absolute atomic E-state index is 0.289. The fourth-order valence-corrected chi connectivity index (χ4v) is 4.16. The van der Waals surface area contributed by atoms with Crippen LogP contribution in [0.2, 0.25) is 0 Å². The van der Waals surface area contributed by atoms with Crippen LogP contribution >= 0.6 is 11.3 Å². The van der Waals surface area contributed by atoms with Crippen LogP contribution in [0, 0.1) is 0 Å². The molecule has 25 heavy (non-hydrogen) atoms. The Hall–Kier alpha value is -2.67. The first-order chi connectivity index (χ1) is 12.0. The molecule has 1 aliphatic carbocycles. The van der Waals surface area contributed by atoms with Gasteiger partial charge in [-0.05, 0) is 43.0 Å². The van der Waals surface area contributed by atoms with Gasteiger partial charge in [0.05, 0.1) is 25.3 Å². The predicted octanol–water partition coefficient (Wildman–Crippen LogP) is 3.06. The summed E-state index contributed by atoms with van der Waals surface area (Å²) in [6.45, 7) is 0. The third-order valence-electron chi connectivity index (χ3n) is 4.08. The number of amides is 1. The van der Waals surface area contributed by atoms with Crippen LogP contribution < -0.4 is 5.32 Å². The summed E-state index contributed by atoms with van der Waals surface area (Å²) in [4.78, 5) is 37.4. The van der Waals surface area contributed by atoms with E-state index in [1.54, 1.807) is 18.2 Å². The van der Waals surface area contributed by atoms with Crippen molar-refractivity contribution in [2.75, 3.05) is 19.5 Å². The van der Waals surface area contributed by atoms with Crippen LogP contribution in [-0.4, -0.2) is 32.1 Å². The van der Waals surface area contributed by atoms with Crippen LogP contribution in [0.5, 0.6) is 0 Å². The molecule has 1 heterocycles. The monoisotopic (exact) mass is 359 g/mol. The van der Waals surface area contributed by atoms with E-state index in [1.165, 1.54) is 31.6 Å². The molecule has 1 aromatic heterocycles. The molecule has 3 rings (SSSR count). The number of thiophene rings is 1. The number of esters is 2. The Bertz CT molecular complexity index is 855. The number of hydrogen-bond donors (Lipinski definition) is 1. The molecule has 1 aliphatic rings. The molecule has 0 radical (unpaired) electrons. The molecule has 0 unspecified atom stereocenters. The summed E-state index contributed by atoms with van der Waals surface area (Å²) in [5.74, 6) is -1.35. The van der Waals surface area contributed by atoms with Crippen molar-refractivity contribution in [1.29, 1.82) is 0 Å². The number of anilines is 1. The Morgan fingerprint density at radius 3 is 2.48 bits per heavy atom. The highest BCUT2D eigenvalue weighted by molar-refractivity contribution is 7.17. The van der Waals surface area contributed by atoms with Crippen molar-refractivity contribution in [2.45, 2.75) is 19.3 Å². The molecule has 6 nitrogen and oxygen atoms in total. The van der Waals surface area contributed by atoms with Crippen molar-refractivity contribution in [3.8, 4) is 0 Å². The van der Waals surface area contributed by atoms with E-state index in [2.05, 4.69) is 10.1 Å². The molecule has 7 heteroatoms. The first kappa shape index (κ1) is 17.2. The summed E-state index contributed by atoms with van der Waals surface area (Å²) in [7, 11) is 2.61. The van der Waals surface area contributed by atoms with Gasteiger partial charge in [0.1, 0.15) is 5.00 Å². The van der Waals surface area contributed by atoms with E-state index >= 15 is 0 Å². The third-order valence-corrected chi connectivity index (χ3v) is 5.29. The number of aryl methyl sites for hydroxylation is 1. The predicted molar refractivity (Wildman–Crippen MR) is 93.4 cm³/mol. The molecule has 1 aromatic carbocycles. The Labute approximate surface area is 148 Å². The molecule has 0 bridgehead atoms. The van der Waals surface area contributed by atoms with Gasteiger partial charge in [0.2, 0.25) is 0 Å². The Balaban J connectivity index is 1.89. The average molecular weight is 359 g/mol. The van der Waals surface area contributed by atoms with Crippen LogP contribution in [0.25, 0.3) is 0 Å². The first-order valence-electron chi connectivity index (χ1n) is 7.77. The highest BCUT2D eigenvalue weighted by Crippen LogP contribution is 2.39. The van der Waals surface area contributed by atoms with Gasteiger partial charge in [0, 0.05) is 10.4 Å². The van der Waals surface area contributed by atoms with E-state index in [9.17, 15) is 14.4 Å². The maximum Gasteiger partial charge on any atom is 0.341 e. The van der Waals surface area contributed by atoms with E-state index < -0.39 is 17.8 Å². The molecule has 0 saturated carbocycles. The highest BCUT2D eigenvalue weighted by Gasteiger charge is 2.28. The molecule has 130 valence electrons. The molecule has 0 atom stereocenters. The Morgan fingerprint density at radius 2 is 1.76 bits per heavy atom. The third kappa shape index (κ3) is 3.28. The number of carbonyl (C=O) groups is 3. The maximum absolute atomic E-state index is 12.6. The van der Waals surface area contributed by atoms with E-state index in [0.29, 0.717) is 16.1 Å². The lowest BCUT2D eigenvalue weighted by Gasteiger charge is -2.08. The van der Waals surface area contributed by atoms with Gasteiger partial charge in [-0.2, -0.15) is 0 Å². The van der Waals surface area contributed by atoms with E-state index in [0.717, 1.165) is 29.7 Å². The molecular formula is C18H17NO5S. The molecule has 2 aromatic rings. The summed E-state index contributed by atoms with van der Waals surface area (Å²) in [5, 5.41) is 3.27. The number of methoxy groups -OCH3 is 2. The van der Waals surface area contributed by atoms with Crippen molar-refractivity contribution < 1.29 is 23.9 Å². The zero-order chi connectivity index (χ0) is 18.0. The van der Waals surface area contributed by atoms with Crippen molar-refractivity contribution in [3.63, 3.8) is 0 Å². The Morgan fingerprint density at radius 1 is 1.04 bits per heavy atom. The van der Waals surface area contributed by atoms with E-state index in [4.69, 9.17) is 4.74 Å². The SMILES string of the molecule is COC(=O)c1cccc(C(=O)Nc2sc3c(c2C(=O)OC)CCC3)c1. The molecule has 0 saturated heterocycles. The van der Waals surface area contributed by atoms with Gasteiger partial charge in [0.25, 0.3) is 5.91 Å². The zero-order valence-corrected chi connectivity index (χ0v) is 14.7. The smallest absolute Gasteiger partial charge is 0.341 e. The lowest BCUT2D eigenvalue weighted by Crippen LogP contribution is -2.15. The average Bonchev–Trinajstić information content (AvgIpc) is 3.21. The normalized spacial score (nSPS) is 12.4. The van der Waals surface area contributed by atoms with Gasteiger partial charge in [-0.3, -0.25) is 4.79 Å². The minimum atomic E-state index is -0.514. The van der Waals surface area contributed by atoms with Crippen LogP contribution in [-0.2, 0) is 22.3 Å². The maximum atomic E-state index is 12.6. The number of fused-ring (bicyclic) bond motifs is 1. The largest absolute Gasteiger partial charge is 0.465 e. The highest BCUT2D eigenvalue weighted by atomic mass is 32.1. The second-order valence-corrected chi connectivity index (χ2v) is 6.68. The van der Waals surface area contributed by atoms with Gasteiger partial charge >= 0.3 is 11.9 Å². The van der Waals surface area contributed by atoms with Gasteiger partial charge in [0.15, 0.2) is 0 Å². The standard InChI is InChI=1S/C18H17NO5S/c1-23-17(21)11-6-3-5-10(9-11)15(20)19-16-14(18(22)24-2)12-7-4-8-13(12)25-16/h3,5-6,9H,4,7-8H2,1-2H3,(H,19,20). The number of ether oxygens (including phenoxy) is 2. The van der Waals surface area contributed by atoms with Gasteiger partial charge in [-0.15, -0.1) is 11.3 Å². The second-order valence-electron chi connectivity index (χ2n) is 5.58. The van der Waals surface area contributed by atoms with Crippen LogP contribution in [0.3, 0.4) is 0 Å². The summed E-state index contributed by atoms with van der Waals surface area (Å²) in [6, 6.07) is 6.24. The van der Waals surface area contributed by atoms with Gasteiger partial charge in [-0.1, -0.05) is 6.07 Å². The van der Waals surface area contributed by atoms with Gasteiger partial charge < -0.3 is 14.8 Å². The van der Waals surface area contributed by atoms with Crippen LogP contribution in [0.15, 0.2) is 24.3 Å².